The number of carbonyl (C=O) groups is 2. The third-order valence-electron chi connectivity index (χ3n) is 19.1. The summed E-state index contributed by atoms with van der Waals surface area (Å²) in [4.78, 5) is 27.8. The zero-order chi connectivity index (χ0) is 48.3. The van der Waals surface area contributed by atoms with E-state index in [4.69, 9.17) is 33.2 Å². The van der Waals surface area contributed by atoms with Crippen molar-refractivity contribution in [2.24, 2.45) is 50.2 Å². The molecule has 9 N–H and O–H groups in total. The molecule has 8 aliphatic rings. The highest BCUT2D eigenvalue weighted by molar-refractivity contribution is 5.79. The minimum Gasteiger partial charge on any atom is -0.467 e. The Morgan fingerprint density at radius 2 is 1.38 bits per heavy atom. The van der Waals surface area contributed by atoms with E-state index in [0.29, 0.717) is 19.3 Å². The molecular weight excluding hydrogens is 865 g/mol. The molecule has 18 nitrogen and oxygen atoms in total. The summed E-state index contributed by atoms with van der Waals surface area (Å²) in [7, 11) is 1.13. The van der Waals surface area contributed by atoms with Crippen LogP contribution in [0.15, 0.2) is 11.6 Å². The van der Waals surface area contributed by atoms with Gasteiger partial charge in [-0.15, -0.1) is 0 Å². The van der Waals surface area contributed by atoms with Crippen LogP contribution in [0.4, 0.5) is 0 Å². The summed E-state index contributed by atoms with van der Waals surface area (Å²) in [6.07, 6.45) is -12.7. The molecule has 0 aromatic heterocycles. The van der Waals surface area contributed by atoms with Crippen LogP contribution in [0.5, 0.6) is 0 Å². The Kier molecular flexibility index (Phi) is 13.6. The largest absolute Gasteiger partial charge is 0.467 e. The maximum absolute atomic E-state index is 14.7. The number of methoxy groups -OCH3 is 1. The van der Waals surface area contributed by atoms with Gasteiger partial charge in [-0.1, -0.05) is 60.1 Å². The van der Waals surface area contributed by atoms with Crippen molar-refractivity contribution in [3.8, 4) is 0 Å². The molecule has 7 fully saturated rings. The molecule has 22 atom stereocenters. The summed E-state index contributed by atoms with van der Waals surface area (Å²) in [5.74, 6) is -1.13. The summed E-state index contributed by atoms with van der Waals surface area (Å²) in [5.41, 5.74) is -0.703. The number of rotatable bonds is 8. The fourth-order valence-electron chi connectivity index (χ4n) is 14.8. The van der Waals surface area contributed by atoms with Crippen molar-refractivity contribution in [3.63, 3.8) is 0 Å². The van der Waals surface area contributed by atoms with E-state index in [1.165, 1.54) is 5.57 Å². The van der Waals surface area contributed by atoms with E-state index in [1.807, 2.05) is 0 Å². The molecule has 0 aromatic rings. The number of fused-ring (bicyclic) bond motifs is 7. The zero-order valence-electron chi connectivity index (χ0n) is 39.7. The molecule has 4 saturated carbocycles. The van der Waals surface area contributed by atoms with Crippen LogP contribution in [0.3, 0.4) is 0 Å². The zero-order valence-corrected chi connectivity index (χ0v) is 39.7. The first-order valence-corrected chi connectivity index (χ1v) is 24.1. The quantitative estimate of drug-likeness (QED) is 0.0931. The van der Waals surface area contributed by atoms with Crippen LogP contribution < -0.4 is 0 Å². The van der Waals surface area contributed by atoms with Crippen molar-refractivity contribution < 1.29 is 88.7 Å². The Bertz CT molecular complexity index is 1840. The molecule has 376 valence electrons. The van der Waals surface area contributed by atoms with Gasteiger partial charge >= 0.3 is 11.9 Å². The van der Waals surface area contributed by atoms with Gasteiger partial charge in [0, 0.05) is 0 Å². The molecule has 3 aliphatic heterocycles. The predicted octanol–water partition coefficient (Wildman–Crippen LogP) is 0.960. The van der Waals surface area contributed by atoms with E-state index >= 15 is 0 Å². The smallest absolute Gasteiger partial charge is 0.337 e. The van der Waals surface area contributed by atoms with E-state index < -0.39 is 121 Å². The molecule has 0 unspecified atom stereocenters. The van der Waals surface area contributed by atoms with Gasteiger partial charge in [0.25, 0.3) is 0 Å². The van der Waals surface area contributed by atoms with E-state index in [9.17, 15) is 55.5 Å². The first-order chi connectivity index (χ1) is 30.8. The lowest BCUT2D eigenvalue weighted by molar-refractivity contribution is -0.355. The molecule has 3 saturated heterocycles. The molecular formula is C48H76O18. The van der Waals surface area contributed by atoms with E-state index in [-0.39, 0.29) is 46.0 Å². The van der Waals surface area contributed by atoms with Crippen molar-refractivity contribution in [1.29, 1.82) is 0 Å². The number of esters is 2. The molecule has 66 heavy (non-hydrogen) atoms. The van der Waals surface area contributed by atoms with E-state index in [1.54, 1.807) is 0 Å². The van der Waals surface area contributed by atoms with Gasteiger partial charge in [0.2, 0.25) is 6.29 Å². The van der Waals surface area contributed by atoms with Gasteiger partial charge in [0.1, 0.15) is 61.0 Å². The maximum Gasteiger partial charge on any atom is 0.337 e. The highest BCUT2D eigenvalue weighted by Gasteiger charge is 2.70. The average Bonchev–Trinajstić information content (AvgIpc) is 3.26. The first-order valence-electron chi connectivity index (χ1n) is 24.1. The Morgan fingerprint density at radius 1 is 0.712 bits per heavy atom. The molecule has 3 heterocycles. The van der Waals surface area contributed by atoms with Crippen LogP contribution in [-0.2, 0) is 42.7 Å². The van der Waals surface area contributed by atoms with Gasteiger partial charge in [-0.3, -0.25) is 4.79 Å². The summed E-state index contributed by atoms with van der Waals surface area (Å²) in [6, 6.07) is 0. The number of ether oxygens (including phenoxy) is 7. The summed E-state index contributed by atoms with van der Waals surface area (Å²) in [5, 5.41) is 95.1. The fraction of sp³-hybridized carbons (Fsp3) is 0.917. The highest BCUT2D eigenvalue weighted by Crippen LogP contribution is 2.76. The van der Waals surface area contributed by atoms with Gasteiger partial charge in [0.05, 0.1) is 31.8 Å². The third-order valence-corrected chi connectivity index (χ3v) is 19.1. The van der Waals surface area contributed by atoms with Crippen LogP contribution in [0.1, 0.15) is 113 Å². The minimum absolute atomic E-state index is 0.0582. The Hall–Kier alpha value is -1.88. The second kappa shape index (κ2) is 17.8. The van der Waals surface area contributed by atoms with Crippen LogP contribution in [-0.4, -0.2) is 170 Å². The average molecular weight is 941 g/mol. The maximum atomic E-state index is 14.7. The second-order valence-electron chi connectivity index (χ2n) is 23.2. The lowest BCUT2D eigenvalue weighted by atomic mass is 9.33. The van der Waals surface area contributed by atoms with Gasteiger partial charge in [-0.25, -0.2) is 4.79 Å². The van der Waals surface area contributed by atoms with Crippen molar-refractivity contribution in [1.82, 2.24) is 0 Å². The first kappa shape index (κ1) is 50.5. The monoisotopic (exact) mass is 941 g/mol. The van der Waals surface area contributed by atoms with Crippen LogP contribution >= 0.6 is 0 Å². The van der Waals surface area contributed by atoms with Crippen LogP contribution in [0.2, 0.25) is 0 Å². The number of aliphatic hydroxyl groups excluding tert-OH is 9. The number of hydrogen-bond acceptors (Lipinski definition) is 18. The Labute approximate surface area is 386 Å². The van der Waals surface area contributed by atoms with E-state index in [0.717, 1.165) is 52.1 Å². The standard InChI is InChI=1S/C48H76O18/c1-43(2)15-17-48(42(59)66-40-34(56)31(53)30(52)25(20-49)62-40)18-16-46(6)22(23(48)19-43)9-10-27-45(5)13-12-28(44(3,4)26(45)11-14-47(27,46)7)63-41-35(57)32(54)36(37(65-41)38(58)60-8)64-39-33(55)29(51)24(50)21-61-39/h9,23-37,39-41,49-57H,10-21H2,1-8H3/t23-,24+,25+,26-,27+,28-,29-,30+,31-,32+,33+,34+,35+,36-,37-,39-,40-,41+,45-,46+,47+,48-/m0/s1. The van der Waals surface area contributed by atoms with Crippen LogP contribution in [0, 0.1) is 50.2 Å². The third kappa shape index (κ3) is 7.83. The molecule has 0 spiro atoms. The number of aliphatic hydroxyl groups is 9. The molecule has 5 aliphatic carbocycles. The van der Waals surface area contributed by atoms with Crippen molar-refractivity contribution in [2.45, 2.75) is 205 Å². The molecule has 8 rings (SSSR count). The van der Waals surface area contributed by atoms with Crippen LogP contribution in [0.25, 0.3) is 0 Å². The highest BCUT2D eigenvalue weighted by atomic mass is 16.7. The minimum atomic E-state index is -1.76. The summed E-state index contributed by atoms with van der Waals surface area (Å²) in [6.45, 7) is 15.0. The molecule has 0 bridgehead atoms. The molecule has 0 amide bonds. The predicted molar refractivity (Wildman–Crippen MR) is 229 cm³/mol. The molecule has 0 aromatic carbocycles. The van der Waals surface area contributed by atoms with Crippen molar-refractivity contribution in [3.05, 3.63) is 11.6 Å². The lowest BCUT2D eigenvalue weighted by Crippen LogP contribution is -2.67. The topological polar surface area (TPSA) is 281 Å². The molecule has 18 heteroatoms. The Balaban J connectivity index is 1.02. The van der Waals surface area contributed by atoms with Gasteiger partial charge in [-0.05, 0) is 109 Å². The van der Waals surface area contributed by atoms with Crippen molar-refractivity contribution >= 4 is 11.9 Å². The lowest BCUT2D eigenvalue weighted by Gasteiger charge is -2.71. The normalized spacial score (nSPS) is 52.0. The van der Waals surface area contributed by atoms with Gasteiger partial charge < -0.3 is 79.1 Å². The summed E-state index contributed by atoms with van der Waals surface area (Å²) < 4.78 is 40.5. The van der Waals surface area contributed by atoms with Gasteiger partial charge in [0.15, 0.2) is 18.7 Å². The fourth-order valence-corrected chi connectivity index (χ4v) is 14.8. The number of allylic oxidation sites excluding steroid dienone is 2. The second-order valence-corrected chi connectivity index (χ2v) is 23.2. The number of carbonyl (C=O) groups excluding carboxylic acids is 2. The molecule has 0 radical (unpaired) electrons. The van der Waals surface area contributed by atoms with E-state index in [2.05, 4.69) is 54.5 Å². The number of hydrogen-bond donors (Lipinski definition) is 9. The van der Waals surface area contributed by atoms with Crippen molar-refractivity contribution in [2.75, 3.05) is 20.3 Å². The Morgan fingerprint density at radius 3 is 2.06 bits per heavy atom. The summed E-state index contributed by atoms with van der Waals surface area (Å²) >= 11 is 0. The SMILES string of the molecule is COC(=O)[C@H]1O[C@@H](O[C@H]2CC[C@]3(C)[C@H]4CC=C5[C@@H]6CC(C)(C)CC[C@]6(C(=O)O[C@@H]6O[C@H](CO)[C@@H](O)[C@H](O)[C@H]6O)CC[C@@]5(C)[C@]4(C)CC[C@H]3C2(C)C)[C@H](O)[C@@H](O)[C@@H]1O[C@@H]1OC[C@@H](O)[C@H](O)[C@H]1O. The van der Waals surface area contributed by atoms with Gasteiger partial charge in [-0.2, -0.15) is 0 Å².